The summed E-state index contributed by atoms with van der Waals surface area (Å²) >= 11 is 0. The number of ether oxygens (including phenoxy) is 1. The summed E-state index contributed by atoms with van der Waals surface area (Å²) in [5.74, 6) is -1.10. The molecule has 0 aromatic heterocycles. The Kier molecular flexibility index (Phi) is 5.87. The van der Waals surface area contributed by atoms with Crippen LogP contribution < -0.4 is 5.32 Å². The van der Waals surface area contributed by atoms with Crippen LogP contribution in [0, 0.1) is 6.92 Å². The Labute approximate surface area is 143 Å². The van der Waals surface area contributed by atoms with E-state index in [0.717, 1.165) is 5.56 Å². The van der Waals surface area contributed by atoms with Crippen LogP contribution in [-0.4, -0.2) is 28.4 Å². The molecule has 2 aromatic carbocycles. The minimum Gasteiger partial charge on any atom is -0.449 e. The molecule has 0 aliphatic heterocycles. The number of aryl methyl sites for hydroxylation is 1. The third-order valence-electron chi connectivity index (χ3n) is 3.39. The lowest BCUT2D eigenvalue weighted by Gasteiger charge is -2.14. The lowest BCUT2D eigenvalue weighted by atomic mass is 10.2. The van der Waals surface area contributed by atoms with Crippen molar-refractivity contribution in [2.75, 3.05) is 11.6 Å². The monoisotopic (exact) mass is 345 g/mol. The van der Waals surface area contributed by atoms with Crippen LogP contribution in [0.3, 0.4) is 0 Å². The highest BCUT2D eigenvalue weighted by Crippen LogP contribution is 2.15. The molecule has 2 rings (SSSR count). The van der Waals surface area contributed by atoms with Gasteiger partial charge in [0.2, 0.25) is 0 Å². The smallest absolute Gasteiger partial charge is 0.340 e. The standard InChI is InChI=1S/C18H19NO4S/c1-12-8-10-14(11-9-12)19-17(20)13(2)23-18(21)15-6-4-5-7-16(15)24(3)22/h4-11,13H,1-3H3,(H,19,20)/t13-,24-/m1/s1. The van der Waals surface area contributed by atoms with Gasteiger partial charge in [-0.25, -0.2) is 4.79 Å². The normalized spacial score (nSPS) is 13.0. The van der Waals surface area contributed by atoms with E-state index in [2.05, 4.69) is 5.32 Å². The van der Waals surface area contributed by atoms with Crippen LogP contribution in [0.5, 0.6) is 0 Å². The van der Waals surface area contributed by atoms with Crippen molar-refractivity contribution in [3.05, 3.63) is 59.7 Å². The molecule has 0 bridgehead atoms. The second-order valence-corrected chi connectivity index (χ2v) is 6.70. The van der Waals surface area contributed by atoms with Gasteiger partial charge in [-0.2, -0.15) is 0 Å². The first kappa shape index (κ1) is 17.9. The fourth-order valence-electron chi connectivity index (χ4n) is 2.04. The van der Waals surface area contributed by atoms with Crippen molar-refractivity contribution in [3.8, 4) is 0 Å². The maximum atomic E-state index is 12.2. The van der Waals surface area contributed by atoms with E-state index in [0.29, 0.717) is 10.6 Å². The van der Waals surface area contributed by atoms with Crippen LogP contribution in [0.2, 0.25) is 0 Å². The Morgan fingerprint density at radius 2 is 1.71 bits per heavy atom. The molecule has 0 unspecified atom stereocenters. The summed E-state index contributed by atoms with van der Waals surface area (Å²) in [6.45, 7) is 3.44. The maximum Gasteiger partial charge on any atom is 0.340 e. The molecular formula is C18H19NO4S. The van der Waals surface area contributed by atoms with E-state index in [-0.39, 0.29) is 5.56 Å². The molecule has 0 saturated carbocycles. The maximum absolute atomic E-state index is 12.2. The van der Waals surface area contributed by atoms with E-state index in [1.165, 1.54) is 19.2 Å². The number of amides is 1. The molecule has 126 valence electrons. The molecule has 5 nitrogen and oxygen atoms in total. The van der Waals surface area contributed by atoms with Gasteiger partial charge in [-0.15, -0.1) is 0 Å². The first-order chi connectivity index (χ1) is 11.4. The Balaban J connectivity index is 2.04. The van der Waals surface area contributed by atoms with Gasteiger partial charge in [-0.05, 0) is 38.1 Å². The number of hydrogen-bond acceptors (Lipinski definition) is 4. The average Bonchev–Trinajstić information content (AvgIpc) is 2.56. The lowest BCUT2D eigenvalue weighted by molar-refractivity contribution is -0.123. The third kappa shape index (κ3) is 4.52. The molecule has 0 saturated heterocycles. The first-order valence-electron chi connectivity index (χ1n) is 7.39. The first-order valence-corrected chi connectivity index (χ1v) is 8.95. The topological polar surface area (TPSA) is 72.5 Å². The minimum absolute atomic E-state index is 0.202. The van der Waals surface area contributed by atoms with Gasteiger partial charge in [0.1, 0.15) is 0 Å². The van der Waals surface area contributed by atoms with E-state index in [1.807, 2.05) is 19.1 Å². The number of rotatable bonds is 5. The molecule has 0 aliphatic carbocycles. The molecule has 24 heavy (non-hydrogen) atoms. The summed E-state index contributed by atoms with van der Waals surface area (Å²) in [6, 6.07) is 13.8. The van der Waals surface area contributed by atoms with Crippen LogP contribution in [0.4, 0.5) is 5.69 Å². The number of carbonyl (C=O) groups is 2. The van der Waals surface area contributed by atoms with Gasteiger partial charge in [0, 0.05) is 11.9 Å². The fourth-order valence-corrected chi connectivity index (χ4v) is 2.78. The predicted molar refractivity (Wildman–Crippen MR) is 93.5 cm³/mol. The largest absolute Gasteiger partial charge is 0.449 e. The number of benzene rings is 2. The number of nitrogens with one attached hydrogen (secondary N) is 1. The van der Waals surface area contributed by atoms with E-state index < -0.39 is 28.8 Å². The van der Waals surface area contributed by atoms with E-state index >= 15 is 0 Å². The van der Waals surface area contributed by atoms with Crippen LogP contribution >= 0.6 is 0 Å². The van der Waals surface area contributed by atoms with Crippen molar-refractivity contribution in [3.63, 3.8) is 0 Å². The summed E-state index contributed by atoms with van der Waals surface area (Å²) in [4.78, 5) is 24.8. The van der Waals surface area contributed by atoms with Crippen molar-refractivity contribution < 1.29 is 18.5 Å². The van der Waals surface area contributed by atoms with Crippen LogP contribution in [0.15, 0.2) is 53.4 Å². The molecule has 0 spiro atoms. The Hall–Kier alpha value is -2.47. The summed E-state index contributed by atoms with van der Waals surface area (Å²) in [5.41, 5.74) is 1.91. The SMILES string of the molecule is Cc1ccc(NC(=O)[C@@H](C)OC(=O)c2ccccc2[S@@](C)=O)cc1. The Morgan fingerprint density at radius 3 is 2.33 bits per heavy atom. The molecule has 2 aromatic rings. The molecule has 0 aliphatic rings. The fraction of sp³-hybridized carbons (Fsp3) is 0.222. The summed E-state index contributed by atoms with van der Waals surface area (Å²) in [5, 5.41) is 2.69. The van der Waals surface area contributed by atoms with E-state index in [4.69, 9.17) is 4.74 Å². The van der Waals surface area contributed by atoms with Crippen LogP contribution in [0.25, 0.3) is 0 Å². The highest BCUT2D eigenvalue weighted by atomic mass is 32.2. The minimum atomic E-state index is -1.32. The van der Waals surface area contributed by atoms with Crippen molar-refractivity contribution >= 4 is 28.4 Å². The van der Waals surface area contributed by atoms with Crippen molar-refractivity contribution in [2.45, 2.75) is 24.8 Å². The summed E-state index contributed by atoms with van der Waals surface area (Å²) in [6.07, 6.45) is 0.511. The summed E-state index contributed by atoms with van der Waals surface area (Å²) in [7, 11) is -1.32. The number of anilines is 1. The Morgan fingerprint density at radius 1 is 1.08 bits per heavy atom. The van der Waals surface area contributed by atoms with Crippen molar-refractivity contribution in [1.82, 2.24) is 0 Å². The van der Waals surface area contributed by atoms with Crippen LogP contribution in [-0.2, 0) is 20.3 Å². The quantitative estimate of drug-likeness (QED) is 0.846. The van der Waals surface area contributed by atoms with Gasteiger partial charge in [-0.1, -0.05) is 29.8 Å². The Bertz CT molecular complexity index is 771. The van der Waals surface area contributed by atoms with E-state index in [1.54, 1.807) is 30.3 Å². The molecule has 0 fully saturated rings. The molecular weight excluding hydrogens is 326 g/mol. The van der Waals surface area contributed by atoms with Crippen molar-refractivity contribution in [2.24, 2.45) is 0 Å². The zero-order valence-corrected chi connectivity index (χ0v) is 14.6. The van der Waals surface area contributed by atoms with Gasteiger partial charge in [0.15, 0.2) is 6.10 Å². The van der Waals surface area contributed by atoms with Gasteiger partial charge in [-0.3, -0.25) is 9.00 Å². The third-order valence-corrected chi connectivity index (χ3v) is 4.36. The average molecular weight is 345 g/mol. The molecule has 6 heteroatoms. The van der Waals surface area contributed by atoms with Gasteiger partial charge in [0.25, 0.3) is 5.91 Å². The number of carbonyl (C=O) groups excluding carboxylic acids is 2. The van der Waals surface area contributed by atoms with Crippen LogP contribution in [0.1, 0.15) is 22.8 Å². The lowest BCUT2D eigenvalue weighted by Crippen LogP contribution is -2.30. The van der Waals surface area contributed by atoms with Gasteiger partial charge < -0.3 is 10.1 Å². The zero-order chi connectivity index (χ0) is 17.7. The van der Waals surface area contributed by atoms with E-state index in [9.17, 15) is 13.8 Å². The molecule has 0 radical (unpaired) electrons. The molecule has 2 atom stereocenters. The second-order valence-electron chi connectivity index (χ2n) is 5.35. The zero-order valence-electron chi connectivity index (χ0n) is 13.7. The number of hydrogen-bond donors (Lipinski definition) is 1. The predicted octanol–water partition coefficient (Wildman–Crippen LogP) is 2.92. The van der Waals surface area contributed by atoms with Gasteiger partial charge >= 0.3 is 5.97 Å². The molecule has 1 N–H and O–H groups in total. The summed E-state index contributed by atoms with van der Waals surface area (Å²) < 4.78 is 16.9. The highest BCUT2D eigenvalue weighted by Gasteiger charge is 2.21. The van der Waals surface area contributed by atoms with Gasteiger partial charge in [0.05, 0.1) is 21.3 Å². The molecule has 1 amide bonds. The molecule has 0 heterocycles. The van der Waals surface area contributed by atoms with Crippen molar-refractivity contribution in [1.29, 1.82) is 0 Å². The second kappa shape index (κ2) is 7.88. The number of esters is 1. The highest BCUT2D eigenvalue weighted by molar-refractivity contribution is 7.84.